The lowest BCUT2D eigenvalue weighted by Gasteiger charge is -2.32. The van der Waals surface area contributed by atoms with Gasteiger partial charge in [0.15, 0.2) is 5.82 Å². The summed E-state index contributed by atoms with van der Waals surface area (Å²) < 4.78 is 0. The van der Waals surface area contributed by atoms with Crippen LogP contribution in [-0.2, 0) is 4.79 Å². The Morgan fingerprint density at radius 2 is 1.86 bits per heavy atom. The van der Waals surface area contributed by atoms with E-state index in [4.69, 9.17) is 23.2 Å². The van der Waals surface area contributed by atoms with E-state index in [0.717, 1.165) is 36.5 Å². The summed E-state index contributed by atoms with van der Waals surface area (Å²) in [5.41, 5.74) is 2.40. The van der Waals surface area contributed by atoms with Gasteiger partial charge in [-0.05, 0) is 55.3 Å². The summed E-state index contributed by atoms with van der Waals surface area (Å²) >= 11 is 12.0. The van der Waals surface area contributed by atoms with E-state index in [1.807, 2.05) is 24.3 Å². The van der Waals surface area contributed by atoms with Crippen molar-refractivity contribution in [1.29, 1.82) is 0 Å². The smallest absolute Gasteiger partial charge is 0.229 e. The number of hydrogen-bond donors (Lipinski definition) is 1. The third-order valence-electron chi connectivity index (χ3n) is 4.93. The molecule has 1 atom stereocenters. The van der Waals surface area contributed by atoms with Gasteiger partial charge in [0.1, 0.15) is 0 Å². The fourth-order valence-electron chi connectivity index (χ4n) is 3.39. The van der Waals surface area contributed by atoms with Crippen molar-refractivity contribution in [2.45, 2.75) is 12.8 Å². The molecule has 3 heterocycles. The van der Waals surface area contributed by atoms with E-state index in [2.05, 4.69) is 25.4 Å². The molecule has 1 fully saturated rings. The monoisotopic (exact) mass is 427 g/mol. The maximum Gasteiger partial charge on any atom is 0.229 e. The van der Waals surface area contributed by atoms with Crippen LogP contribution in [0.2, 0.25) is 10.0 Å². The topological polar surface area (TPSA) is 71.0 Å². The van der Waals surface area contributed by atoms with Crippen LogP contribution in [0.15, 0.2) is 54.9 Å². The molecule has 0 radical (unpaired) electrons. The minimum atomic E-state index is -0.139. The van der Waals surface area contributed by atoms with Crippen molar-refractivity contribution in [2.24, 2.45) is 5.92 Å². The molecular weight excluding hydrogens is 409 g/mol. The van der Waals surface area contributed by atoms with Crippen molar-refractivity contribution in [3.63, 3.8) is 0 Å². The number of nitrogens with one attached hydrogen (secondary N) is 1. The predicted octanol–water partition coefficient (Wildman–Crippen LogP) is 4.70. The summed E-state index contributed by atoms with van der Waals surface area (Å²) in [7, 11) is 0. The highest BCUT2D eigenvalue weighted by Gasteiger charge is 2.27. The van der Waals surface area contributed by atoms with E-state index >= 15 is 0 Å². The molecule has 29 heavy (non-hydrogen) atoms. The summed E-state index contributed by atoms with van der Waals surface area (Å²) in [6.45, 7) is 1.44. The highest BCUT2D eigenvalue weighted by Crippen LogP contribution is 2.27. The maximum atomic E-state index is 12.7. The molecule has 3 aromatic rings. The Morgan fingerprint density at radius 3 is 2.59 bits per heavy atom. The molecule has 1 unspecified atom stereocenters. The van der Waals surface area contributed by atoms with E-state index in [0.29, 0.717) is 22.3 Å². The van der Waals surface area contributed by atoms with Crippen molar-refractivity contribution < 1.29 is 4.79 Å². The third-order valence-corrected chi connectivity index (χ3v) is 5.67. The number of benzene rings is 1. The van der Waals surface area contributed by atoms with Crippen LogP contribution < -0.4 is 10.2 Å². The molecule has 0 saturated carbocycles. The van der Waals surface area contributed by atoms with Gasteiger partial charge in [0.25, 0.3) is 0 Å². The van der Waals surface area contributed by atoms with Crippen LogP contribution in [0.4, 0.5) is 11.5 Å². The Kier molecular flexibility index (Phi) is 5.92. The first kappa shape index (κ1) is 19.6. The Bertz CT molecular complexity index is 998. The number of aromatic nitrogens is 3. The molecular formula is C21H19Cl2N5O. The van der Waals surface area contributed by atoms with Gasteiger partial charge in [0.05, 0.1) is 21.7 Å². The first-order chi connectivity index (χ1) is 14.1. The first-order valence-corrected chi connectivity index (χ1v) is 10.1. The molecule has 8 heteroatoms. The molecule has 0 bridgehead atoms. The molecule has 6 nitrogen and oxygen atoms in total. The van der Waals surface area contributed by atoms with Gasteiger partial charge in [-0.3, -0.25) is 9.78 Å². The summed E-state index contributed by atoms with van der Waals surface area (Å²) in [6, 6.07) is 12.8. The molecule has 1 saturated heterocycles. The molecule has 0 spiro atoms. The lowest BCUT2D eigenvalue weighted by atomic mass is 9.97. The second kappa shape index (κ2) is 8.76. The molecule has 0 aliphatic carbocycles. The zero-order valence-electron chi connectivity index (χ0n) is 15.6. The highest BCUT2D eigenvalue weighted by molar-refractivity contribution is 6.42. The molecule has 1 aliphatic heterocycles. The van der Waals surface area contributed by atoms with Crippen molar-refractivity contribution in [3.8, 4) is 11.3 Å². The fourth-order valence-corrected chi connectivity index (χ4v) is 3.69. The SMILES string of the molecule is O=C(Nc1ccc(Cl)c(Cl)c1)C1CCCN(c2ccc(-c3ccncc3)nn2)C1. The van der Waals surface area contributed by atoms with Crippen molar-refractivity contribution in [3.05, 3.63) is 64.9 Å². The predicted molar refractivity (Wildman–Crippen MR) is 115 cm³/mol. The number of piperidine rings is 1. The van der Waals surface area contributed by atoms with E-state index in [1.54, 1.807) is 30.6 Å². The minimum absolute atomic E-state index is 0.0329. The standard InChI is InChI=1S/C21H19Cl2N5O/c22-17-4-3-16(12-18(17)23)25-21(29)15-2-1-11-28(13-15)20-6-5-19(26-27-20)14-7-9-24-10-8-14/h3-10,12,15H,1-2,11,13H2,(H,25,29). The second-order valence-electron chi connectivity index (χ2n) is 6.92. The minimum Gasteiger partial charge on any atom is -0.354 e. The lowest BCUT2D eigenvalue weighted by Crippen LogP contribution is -2.41. The molecule has 1 aliphatic rings. The second-order valence-corrected chi connectivity index (χ2v) is 7.73. The number of amides is 1. The number of hydrogen-bond acceptors (Lipinski definition) is 5. The number of carbonyl (C=O) groups is 1. The van der Waals surface area contributed by atoms with Crippen LogP contribution in [0.5, 0.6) is 0 Å². The highest BCUT2D eigenvalue weighted by atomic mass is 35.5. The Labute approximate surface area is 178 Å². The number of pyridine rings is 1. The Morgan fingerprint density at radius 1 is 1.03 bits per heavy atom. The van der Waals surface area contributed by atoms with Crippen LogP contribution in [0, 0.1) is 5.92 Å². The van der Waals surface area contributed by atoms with Gasteiger partial charge in [-0.1, -0.05) is 23.2 Å². The molecule has 1 aromatic carbocycles. The molecule has 1 amide bonds. The van der Waals surface area contributed by atoms with Gasteiger partial charge >= 0.3 is 0 Å². The van der Waals surface area contributed by atoms with Crippen molar-refractivity contribution >= 4 is 40.6 Å². The number of rotatable bonds is 4. The number of anilines is 2. The number of carbonyl (C=O) groups excluding carboxylic acids is 1. The maximum absolute atomic E-state index is 12.7. The van der Waals surface area contributed by atoms with Gasteiger partial charge in [0, 0.05) is 36.7 Å². The van der Waals surface area contributed by atoms with Crippen LogP contribution in [0.25, 0.3) is 11.3 Å². The lowest BCUT2D eigenvalue weighted by molar-refractivity contribution is -0.120. The van der Waals surface area contributed by atoms with Gasteiger partial charge in [-0.25, -0.2) is 0 Å². The number of halogens is 2. The summed E-state index contributed by atoms with van der Waals surface area (Å²) in [4.78, 5) is 18.8. The Hall–Kier alpha value is -2.70. The fraction of sp³-hybridized carbons (Fsp3) is 0.238. The number of nitrogens with zero attached hydrogens (tertiary/aromatic N) is 4. The molecule has 1 N–H and O–H groups in total. The molecule has 148 valence electrons. The third kappa shape index (κ3) is 4.66. The van der Waals surface area contributed by atoms with Gasteiger partial charge < -0.3 is 10.2 Å². The zero-order valence-corrected chi connectivity index (χ0v) is 17.1. The van der Waals surface area contributed by atoms with E-state index < -0.39 is 0 Å². The zero-order chi connectivity index (χ0) is 20.2. The summed E-state index contributed by atoms with van der Waals surface area (Å²) in [5.74, 6) is 0.601. The average Bonchev–Trinajstić information content (AvgIpc) is 2.77. The van der Waals surface area contributed by atoms with Crippen molar-refractivity contribution in [1.82, 2.24) is 15.2 Å². The van der Waals surface area contributed by atoms with Crippen LogP contribution in [0.3, 0.4) is 0 Å². The summed E-state index contributed by atoms with van der Waals surface area (Å²) in [5, 5.41) is 12.5. The van der Waals surface area contributed by atoms with E-state index in [9.17, 15) is 4.79 Å². The van der Waals surface area contributed by atoms with Gasteiger partial charge in [-0.15, -0.1) is 10.2 Å². The molecule has 2 aromatic heterocycles. The van der Waals surface area contributed by atoms with Gasteiger partial charge in [-0.2, -0.15) is 0 Å². The van der Waals surface area contributed by atoms with Crippen LogP contribution in [-0.4, -0.2) is 34.2 Å². The van der Waals surface area contributed by atoms with E-state index in [-0.39, 0.29) is 11.8 Å². The van der Waals surface area contributed by atoms with Crippen LogP contribution >= 0.6 is 23.2 Å². The molecule has 4 rings (SSSR count). The van der Waals surface area contributed by atoms with Crippen molar-refractivity contribution in [2.75, 3.05) is 23.3 Å². The largest absolute Gasteiger partial charge is 0.354 e. The van der Waals surface area contributed by atoms with Gasteiger partial charge in [0.2, 0.25) is 5.91 Å². The first-order valence-electron chi connectivity index (χ1n) is 9.35. The quantitative estimate of drug-likeness (QED) is 0.652. The normalized spacial score (nSPS) is 16.5. The van der Waals surface area contributed by atoms with Crippen LogP contribution in [0.1, 0.15) is 12.8 Å². The Balaban J connectivity index is 1.42. The van der Waals surface area contributed by atoms with E-state index in [1.165, 1.54) is 0 Å². The average molecular weight is 428 g/mol. The summed E-state index contributed by atoms with van der Waals surface area (Å²) in [6.07, 6.45) is 5.19.